The molecule has 0 atom stereocenters. The molecule has 1 heterocycles. The fourth-order valence-corrected chi connectivity index (χ4v) is 1.81. The Kier molecular flexibility index (Phi) is 4.32. The molecule has 0 aliphatic carbocycles. The molecule has 1 amide bonds. The number of carbonyl (C=O) groups excluding carboxylic acids is 1. The highest BCUT2D eigenvalue weighted by atomic mass is 79.9. The van der Waals surface area contributed by atoms with Gasteiger partial charge in [-0.3, -0.25) is 9.48 Å². The van der Waals surface area contributed by atoms with Gasteiger partial charge in [0.1, 0.15) is 0 Å². The molecule has 0 aliphatic heterocycles. The summed E-state index contributed by atoms with van der Waals surface area (Å²) in [5.74, 6) is 0.172. The molecule has 0 aliphatic rings. The van der Waals surface area contributed by atoms with Crippen LogP contribution in [0.1, 0.15) is 25.5 Å². The number of hydrogen-bond acceptors (Lipinski definition) is 2. The van der Waals surface area contributed by atoms with Crippen LogP contribution in [0.3, 0.4) is 0 Å². The lowest BCUT2D eigenvalue weighted by atomic mass is 10.3. The van der Waals surface area contributed by atoms with E-state index in [-0.39, 0.29) is 5.91 Å². The summed E-state index contributed by atoms with van der Waals surface area (Å²) in [5, 5.41) is 4.11. The highest BCUT2D eigenvalue weighted by Crippen LogP contribution is 2.16. The van der Waals surface area contributed by atoms with E-state index in [9.17, 15) is 4.79 Å². The van der Waals surface area contributed by atoms with E-state index in [0.29, 0.717) is 13.0 Å². The van der Waals surface area contributed by atoms with E-state index in [1.165, 1.54) is 0 Å². The van der Waals surface area contributed by atoms with E-state index in [1.54, 1.807) is 15.8 Å². The number of hydrogen-bond donors (Lipinski definition) is 0. The molecule has 0 saturated carbocycles. The van der Waals surface area contributed by atoms with Crippen molar-refractivity contribution in [3.8, 4) is 0 Å². The first kappa shape index (κ1) is 12.2. The van der Waals surface area contributed by atoms with Crippen LogP contribution in [0.15, 0.2) is 10.7 Å². The van der Waals surface area contributed by atoms with Crippen LogP contribution < -0.4 is 0 Å². The molecule has 1 aromatic rings. The second-order valence-electron chi connectivity index (χ2n) is 3.56. The van der Waals surface area contributed by atoms with Crippen LogP contribution in [0, 0.1) is 0 Å². The number of halogens is 1. The third-order valence-corrected chi connectivity index (χ3v) is 2.95. The van der Waals surface area contributed by atoms with Gasteiger partial charge in [0, 0.05) is 20.5 Å². The van der Waals surface area contributed by atoms with E-state index in [4.69, 9.17) is 0 Å². The Morgan fingerprint density at radius 1 is 1.67 bits per heavy atom. The monoisotopic (exact) mass is 273 g/mol. The summed E-state index contributed by atoms with van der Waals surface area (Å²) < 4.78 is 2.72. The van der Waals surface area contributed by atoms with Gasteiger partial charge in [-0.2, -0.15) is 5.10 Å². The zero-order valence-electron chi connectivity index (χ0n) is 9.33. The fraction of sp³-hybridized carbons (Fsp3) is 0.600. The van der Waals surface area contributed by atoms with Crippen molar-refractivity contribution in [2.75, 3.05) is 7.05 Å². The predicted octanol–water partition coefficient (Wildman–Crippen LogP) is 1.94. The van der Waals surface area contributed by atoms with Gasteiger partial charge in [0.15, 0.2) is 0 Å². The van der Waals surface area contributed by atoms with E-state index in [1.807, 2.05) is 21.0 Å². The van der Waals surface area contributed by atoms with E-state index >= 15 is 0 Å². The Morgan fingerprint density at radius 2 is 2.33 bits per heavy atom. The van der Waals surface area contributed by atoms with Crippen LogP contribution in [-0.2, 0) is 18.4 Å². The number of rotatable bonds is 4. The molecule has 0 saturated heterocycles. The Labute approximate surface area is 98.4 Å². The van der Waals surface area contributed by atoms with Crippen LogP contribution in [0.4, 0.5) is 0 Å². The number of aromatic nitrogens is 2. The normalized spacial score (nSPS) is 10.4. The minimum atomic E-state index is 0.172. The number of carbonyl (C=O) groups is 1. The number of nitrogens with zero attached hydrogens (tertiary/aromatic N) is 3. The van der Waals surface area contributed by atoms with E-state index < -0.39 is 0 Å². The maximum Gasteiger partial charge on any atom is 0.222 e. The van der Waals surface area contributed by atoms with Gasteiger partial charge in [0.2, 0.25) is 5.91 Å². The van der Waals surface area contributed by atoms with Crippen LogP contribution in [0.5, 0.6) is 0 Å². The van der Waals surface area contributed by atoms with Gasteiger partial charge in [0.05, 0.1) is 22.9 Å². The van der Waals surface area contributed by atoms with Crippen molar-refractivity contribution in [1.29, 1.82) is 0 Å². The Bertz CT molecular complexity index is 329. The highest BCUT2D eigenvalue weighted by Gasteiger charge is 2.12. The summed E-state index contributed by atoms with van der Waals surface area (Å²) in [6.45, 7) is 2.60. The van der Waals surface area contributed by atoms with Gasteiger partial charge in [-0.15, -0.1) is 0 Å². The third-order valence-electron chi connectivity index (χ3n) is 2.29. The molecule has 0 spiro atoms. The molecular weight excluding hydrogens is 258 g/mol. The average molecular weight is 274 g/mol. The molecular formula is C10H16BrN3O. The summed E-state index contributed by atoms with van der Waals surface area (Å²) in [5.41, 5.74) is 1.02. The molecule has 5 heteroatoms. The van der Waals surface area contributed by atoms with Gasteiger partial charge in [-0.1, -0.05) is 6.92 Å². The van der Waals surface area contributed by atoms with Gasteiger partial charge in [-0.25, -0.2) is 0 Å². The molecule has 0 fully saturated rings. The summed E-state index contributed by atoms with van der Waals surface area (Å²) in [6, 6.07) is 0. The number of amides is 1. The molecule has 1 aromatic heterocycles. The first-order valence-electron chi connectivity index (χ1n) is 4.96. The van der Waals surface area contributed by atoms with Crippen LogP contribution >= 0.6 is 15.9 Å². The minimum absolute atomic E-state index is 0.172. The van der Waals surface area contributed by atoms with Crippen molar-refractivity contribution in [1.82, 2.24) is 14.7 Å². The molecule has 0 bridgehead atoms. The summed E-state index contributed by atoms with van der Waals surface area (Å²) in [7, 11) is 3.69. The van der Waals surface area contributed by atoms with E-state index in [0.717, 1.165) is 16.6 Å². The quantitative estimate of drug-likeness (QED) is 0.841. The summed E-state index contributed by atoms with van der Waals surface area (Å²) >= 11 is 3.41. The molecule has 15 heavy (non-hydrogen) atoms. The van der Waals surface area contributed by atoms with Crippen molar-refractivity contribution in [2.45, 2.75) is 26.3 Å². The standard InChI is InChI=1S/C10H16BrN3O/c1-4-5-10(15)13(2)7-9-8(11)6-12-14(9)3/h6H,4-5,7H2,1-3H3. The lowest BCUT2D eigenvalue weighted by molar-refractivity contribution is -0.130. The molecule has 4 nitrogen and oxygen atoms in total. The Morgan fingerprint density at radius 3 is 2.80 bits per heavy atom. The maximum absolute atomic E-state index is 11.6. The Hall–Kier alpha value is -0.840. The zero-order chi connectivity index (χ0) is 11.4. The van der Waals surface area contributed by atoms with Gasteiger partial charge < -0.3 is 4.90 Å². The minimum Gasteiger partial charge on any atom is -0.340 e. The van der Waals surface area contributed by atoms with Crippen molar-refractivity contribution in [3.63, 3.8) is 0 Å². The zero-order valence-corrected chi connectivity index (χ0v) is 10.9. The average Bonchev–Trinajstić information content (AvgIpc) is 2.49. The van der Waals surface area contributed by atoms with Gasteiger partial charge in [0.25, 0.3) is 0 Å². The highest BCUT2D eigenvalue weighted by molar-refractivity contribution is 9.10. The third kappa shape index (κ3) is 3.06. The molecule has 1 rings (SSSR count). The number of aryl methyl sites for hydroxylation is 1. The van der Waals surface area contributed by atoms with Crippen LogP contribution in [0.2, 0.25) is 0 Å². The maximum atomic E-state index is 11.6. The molecule has 0 radical (unpaired) electrons. The first-order chi connectivity index (χ1) is 7.06. The van der Waals surface area contributed by atoms with Crippen molar-refractivity contribution in [3.05, 3.63) is 16.4 Å². The predicted molar refractivity (Wildman–Crippen MR) is 62.3 cm³/mol. The smallest absolute Gasteiger partial charge is 0.222 e. The van der Waals surface area contributed by atoms with Crippen LogP contribution in [0.25, 0.3) is 0 Å². The summed E-state index contributed by atoms with van der Waals surface area (Å²) in [4.78, 5) is 13.3. The topological polar surface area (TPSA) is 38.1 Å². The largest absolute Gasteiger partial charge is 0.340 e. The SMILES string of the molecule is CCCC(=O)N(C)Cc1c(Br)cnn1C. The van der Waals surface area contributed by atoms with Crippen molar-refractivity contribution >= 4 is 21.8 Å². The van der Waals surface area contributed by atoms with Gasteiger partial charge in [-0.05, 0) is 22.4 Å². The lowest BCUT2D eigenvalue weighted by Gasteiger charge is -2.17. The second-order valence-corrected chi connectivity index (χ2v) is 4.42. The van der Waals surface area contributed by atoms with E-state index in [2.05, 4.69) is 21.0 Å². The summed E-state index contributed by atoms with van der Waals surface area (Å²) in [6.07, 6.45) is 3.23. The van der Waals surface area contributed by atoms with Crippen molar-refractivity contribution < 1.29 is 4.79 Å². The molecule has 0 unspecified atom stereocenters. The second kappa shape index (κ2) is 5.30. The Balaban J connectivity index is 2.66. The lowest BCUT2D eigenvalue weighted by Crippen LogP contribution is -2.26. The van der Waals surface area contributed by atoms with Gasteiger partial charge >= 0.3 is 0 Å². The molecule has 84 valence electrons. The molecule has 0 aromatic carbocycles. The van der Waals surface area contributed by atoms with Crippen molar-refractivity contribution in [2.24, 2.45) is 7.05 Å². The van der Waals surface area contributed by atoms with Crippen LogP contribution in [-0.4, -0.2) is 27.6 Å². The fourth-order valence-electron chi connectivity index (χ4n) is 1.33. The molecule has 0 N–H and O–H groups in total. The first-order valence-corrected chi connectivity index (χ1v) is 5.76.